The van der Waals surface area contributed by atoms with E-state index in [1.807, 2.05) is 6.92 Å². The van der Waals surface area contributed by atoms with Gasteiger partial charge >= 0.3 is 0 Å². The highest BCUT2D eigenvalue weighted by Crippen LogP contribution is 2.29. The number of nitrogens with one attached hydrogen (secondary N) is 1. The Kier molecular flexibility index (Phi) is 5.20. The maximum Gasteiger partial charge on any atom is 0.132 e. The molecule has 2 nitrogen and oxygen atoms in total. The molecule has 0 spiro atoms. The maximum atomic E-state index is 14.1. The molecule has 1 atom stereocenters. The van der Waals surface area contributed by atoms with Gasteiger partial charge in [-0.2, -0.15) is 0 Å². The Morgan fingerprint density at radius 3 is 2.55 bits per heavy atom. The number of benzene rings is 1. The van der Waals surface area contributed by atoms with Crippen molar-refractivity contribution in [2.45, 2.75) is 19.4 Å². The number of rotatable bonds is 5. The number of nitrogens with zero attached hydrogens (tertiary/aromatic N) is 1. The third-order valence-corrected chi connectivity index (χ3v) is 3.41. The fourth-order valence-corrected chi connectivity index (χ4v) is 2.45. The molecule has 0 amide bonds. The van der Waals surface area contributed by atoms with Gasteiger partial charge < -0.3 is 5.32 Å². The Morgan fingerprint density at radius 2 is 2.00 bits per heavy atom. The predicted octanol–water partition coefficient (Wildman–Crippen LogP) is 4.21. The minimum Gasteiger partial charge on any atom is -0.306 e. The minimum absolute atomic E-state index is 0.0228. The molecule has 1 unspecified atom stereocenters. The Labute approximate surface area is 125 Å². The van der Waals surface area contributed by atoms with Gasteiger partial charge in [-0.25, -0.2) is 8.78 Å². The van der Waals surface area contributed by atoms with Crippen LogP contribution in [0.2, 0.25) is 0 Å². The van der Waals surface area contributed by atoms with Crippen LogP contribution in [0.25, 0.3) is 0 Å². The predicted molar refractivity (Wildman–Crippen MR) is 78.4 cm³/mol. The Balaban J connectivity index is 2.47. The lowest BCUT2D eigenvalue weighted by Crippen LogP contribution is -2.25. The highest BCUT2D eigenvalue weighted by Gasteiger charge is 2.22. The maximum absolute atomic E-state index is 14.1. The number of halogens is 3. The molecule has 0 aliphatic rings. The van der Waals surface area contributed by atoms with Gasteiger partial charge in [-0.1, -0.05) is 28.9 Å². The second-order valence-electron chi connectivity index (χ2n) is 4.46. The van der Waals surface area contributed by atoms with E-state index in [2.05, 4.69) is 26.2 Å². The summed E-state index contributed by atoms with van der Waals surface area (Å²) in [5, 5.41) is 3.17. The van der Waals surface area contributed by atoms with Gasteiger partial charge in [0, 0.05) is 22.4 Å². The van der Waals surface area contributed by atoms with E-state index >= 15 is 0 Å². The van der Waals surface area contributed by atoms with Crippen molar-refractivity contribution in [1.29, 1.82) is 0 Å². The van der Waals surface area contributed by atoms with Crippen molar-refractivity contribution < 1.29 is 8.78 Å². The summed E-state index contributed by atoms with van der Waals surface area (Å²) < 4.78 is 28.7. The van der Waals surface area contributed by atoms with Crippen molar-refractivity contribution >= 4 is 15.9 Å². The molecule has 0 aliphatic carbocycles. The SMILES string of the molecule is CCCNC(c1cccnc1)c1c(F)cc(Br)cc1F. The number of hydrogen-bond acceptors (Lipinski definition) is 2. The van der Waals surface area contributed by atoms with E-state index in [-0.39, 0.29) is 5.56 Å². The molecule has 5 heteroatoms. The van der Waals surface area contributed by atoms with Gasteiger partial charge in [0.1, 0.15) is 11.6 Å². The van der Waals surface area contributed by atoms with Crippen molar-refractivity contribution in [2.24, 2.45) is 0 Å². The van der Waals surface area contributed by atoms with Crippen molar-refractivity contribution in [2.75, 3.05) is 6.54 Å². The summed E-state index contributed by atoms with van der Waals surface area (Å²) in [5.74, 6) is -1.15. The zero-order chi connectivity index (χ0) is 14.5. The third kappa shape index (κ3) is 3.41. The van der Waals surface area contributed by atoms with Gasteiger partial charge in [0.2, 0.25) is 0 Å². The molecule has 2 rings (SSSR count). The molecule has 106 valence electrons. The topological polar surface area (TPSA) is 24.9 Å². The molecule has 0 saturated heterocycles. The number of hydrogen-bond donors (Lipinski definition) is 1. The van der Waals surface area contributed by atoms with Gasteiger partial charge in [0.25, 0.3) is 0 Å². The molecule has 1 aromatic heterocycles. The summed E-state index contributed by atoms with van der Waals surface area (Å²) in [4.78, 5) is 4.02. The fraction of sp³-hybridized carbons (Fsp3) is 0.267. The minimum atomic E-state index is -0.575. The number of pyridine rings is 1. The Hall–Kier alpha value is -1.33. The Bertz CT molecular complexity index is 552. The summed E-state index contributed by atoms with van der Waals surface area (Å²) in [7, 11) is 0. The van der Waals surface area contributed by atoms with E-state index < -0.39 is 17.7 Å². The van der Waals surface area contributed by atoms with E-state index in [0.717, 1.165) is 12.0 Å². The molecule has 1 heterocycles. The quantitative estimate of drug-likeness (QED) is 0.881. The smallest absolute Gasteiger partial charge is 0.132 e. The van der Waals surface area contributed by atoms with Gasteiger partial charge in [-0.15, -0.1) is 0 Å². The van der Waals surface area contributed by atoms with Crippen LogP contribution in [0.4, 0.5) is 8.78 Å². The van der Waals surface area contributed by atoms with Crippen LogP contribution in [0.5, 0.6) is 0 Å². The lowest BCUT2D eigenvalue weighted by Gasteiger charge is -2.20. The van der Waals surface area contributed by atoms with Gasteiger partial charge in [-0.3, -0.25) is 4.98 Å². The fourth-order valence-electron chi connectivity index (χ4n) is 2.05. The van der Waals surface area contributed by atoms with E-state index in [9.17, 15) is 8.78 Å². The standard InChI is InChI=1S/C15H15BrF2N2/c1-2-5-20-15(10-4-3-6-19-9-10)14-12(17)7-11(16)8-13(14)18/h3-4,6-9,15,20H,2,5H2,1H3. The summed E-state index contributed by atoms with van der Waals surface area (Å²) in [5.41, 5.74) is 0.760. The molecule has 0 radical (unpaired) electrons. The summed E-state index contributed by atoms with van der Waals surface area (Å²) in [6.07, 6.45) is 4.12. The van der Waals surface area contributed by atoms with Crippen LogP contribution in [0.15, 0.2) is 41.1 Å². The summed E-state index contributed by atoms with van der Waals surface area (Å²) >= 11 is 3.09. The molecular weight excluding hydrogens is 326 g/mol. The van der Waals surface area contributed by atoms with Crippen LogP contribution in [0, 0.1) is 11.6 Å². The largest absolute Gasteiger partial charge is 0.306 e. The van der Waals surface area contributed by atoms with E-state index in [1.165, 1.54) is 12.1 Å². The zero-order valence-corrected chi connectivity index (χ0v) is 12.6. The average Bonchev–Trinajstić information content (AvgIpc) is 2.42. The second-order valence-corrected chi connectivity index (χ2v) is 5.37. The van der Waals surface area contributed by atoms with Crippen molar-refractivity contribution in [3.63, 3.8) is 0 Å². The molecule has 1 N–H and O–H groups in total. The highest BCUT2D eigenvalue weighted by molar-refractivity contribution is 9.10. The molecule has 0 saturated carbocycles. The first-order valence-corrected chi connectivity index (χ1v) is 7.20. The second kappa shape index (κ2) is 6.90. The van der Waals surface area contributed by atoms with Gasteiger partial charge in [0.15, 0.2) is 0 Å². The van der Waals surface area contributed by atoms with E-state index in [0.29, 0.717) is 11.0 Å². The van der Waals surface area contributed by atoms with Crippen LogP contribution in [-0.4, -0.2) is 11.5 Å². The summed E-state index contributed by atoms with van der Waals surface area (Å²) in [6, 6.07) is 5.56. The van der Waals surface area contributed by atoms with Gasteiger partial charge in [-0.05, 0) is 36.7 Å². The van der Waals surface area contributed by atoms with Crippen molar-refractivity contribution in [3.05, 3.63) is 63.9 Å². The monoisotopic (exact) mass is 340 g/mol. The first kappa shape index (κ1) is 15.1. The molecule has 0 bridgehead atoms. The first-order chi connectivity index (χ1) is 9.63. The van der Waals surface area contributed by atoms with Crippen molar-refractivity contribution in [3.8, 4) is 0 Å². The third-order valence-electron chi connectivity index (χ3n) is 2.95. The lowest BCUT2D eigenvalue weighted by molar-refractivity contribution is 0.501. The lowest BCUT2D eigenvalue weighted by atomic mass is 9.99. The summed E-state index contributed by atoms with van der Waals surface area (Å²) in [6.45, 7) is 2.66. The molecule has 2 aromatic rings. The van der Waals surface area contributed by atoms with Gasteiger partial charge in [0.05, 0.1) is 6.04 Å². The molecule has 0 fully saturated rings. The van der Waals surface area contributed by atoms with Crippen LogP contribution >= 0.6 is 15.9 Å². The van der Waals surface area contributed by atoms with Crippen LogP contribution < -0.4 is 5.32 Å². The first-order valence-electron chi connectivity index (χ1n) is 6.41. The molecule has 20 heavy (non-hydrogen) atoms. The van der Waals surface area contributed by atoms with Crippen LogP contribution in [-0.2, 0) is 0 Å². The van der Waals surface area contributed by atoms with Crippen LogP contribution in [0.3, 0.4) is 0 Å². The highest BCUT2D eigenvalue weighted by atomic mass is 79.9. The van der Waals surface area contributed by atoms with E-state index in [4.69, 9.17) is 0 Å². The van der Waals surface area contributed by atoms with Crippen molar-refractivity contribution in [1.82, 2.24) is 10.3 Å². The average molecular weight is 341 g/mol. The molecular formula is C15H15BrF2N2. The van der Waals surface area contributed by atoms with Crippen LogP contribution in [0.1, 0.15) is 30.5 Å². The molecule has 0 aliphatic heterocycles. The number of aromatic nitrogens is 1. The Morgan fingerprint density at radius 1 is 1.30 bits per heavy atom. The zero-order valence-electron chi connectivity index (χ0n) is 11.0. The van der Waals surface area contributed by atoms with E-state index in [1.54, 1.807) is 24.5 Å². The molecule has 1 aromatic carbocycles. The normalized spacial score (nSPS) is 12.4.